The van der Waals surface area contributed by atoms with Crippen molar-refractivity contribution in [1.82, 2.24) is 20.6 Å². The van der Waals surface area contributed by atoms with Crippen molar-refractivity contribution in [1.29, 1.82) is 0 Å². The van der Waals surface area contributed by atoms with E-state index in [1.807, 2.05) is 26.0 Å². The van der Waals surface area contributed by atoms with E-state index < -0.39 is 0 Å². The molecule has 0 aliphatic rings. The summed E-state index contributed by atoms with van der Waals surface area (Å²) in [6, 6.07) is 5.26. The Bertz CT molecular complexity index is 824. The van der Waals surface area contributed by atoms with Gasteiger partial charge in [-0.15, -0.1) is 0 Å². The number of ether oxygens (including phenoxy) is 1. The lowest BCUT2D eigenvalue weighted by Crippen LogP contribution is -2.03. The number of rotatable bonds is 4. The minimum atomic E-state index is -0.354. The second kappa shape index (κ2) is 5.35. The first-order valence-corrected chi connectivity index (χ1v) is 6.55. The van der Waals surface area contributed by atoms with E-state index in [0.717, 1.165) is 22.9 Å². The molecular weight excluding hydrogens is 272 g/mol. The van der Waals surface area contributed by atoms with Gasteiger partial charge in [-0.1, -0.05) is 6.92 Å². The van der Waals surface area contributed by atoms with Gasteiger partial charge in [0.05, 0.1) is 0 Å². The van der Waals surface area contributed by atoms with Gasteiger partial charge in [-0.25, -0.2) is 4.79 Å². The van der Waals surface area contributed by atoms with Crippen molar-refractivity contribution in [3.8, 4) is 5.75 Å². The van der Waals surface area contributed by atoms with Crippen molar-refractivity contribution < 1.29 is 9.15 Å². The van der Waals surface area contributed by atoms with E-state index in [2.05, 4.69) is 20.6 Å². The molecule has 1 aromatic carbocycles. The molecule has 0 aliphatic carbocycles. The molecule has 2 aromatic heterocycles. The van der Waals surface area contributed by atoms with Crippen molar-refractivity contribution in [2.75, 3.05) is 0 Å². The molecule has 0 radical (unpaired) electrons. The zero-order valence-corrected chi connectivity index (χ0v) is 11.7. The molecule has 0 aliphatic heterocycles. The van der Waals surface area contributed by atoms with E-state index in [9.17, 15) is 4.79 Å². The van der Waals surface area contributed by atoms with Crippen LogP contribution in [0.25, 0.3) is 11.0 Å². The molecule has 0 spiro atoms. The van der Waals surface area contributed by atoms with Gasteiger partial charge < -0.3 is 14.3 Å². The summed E-state index contributed by atoms with van der Waals surface area (Å²) in [5.41, 5.74) is 1.93. The highest BCUT2D eigenvalue weighted by atomic mass is 16.5. The fraction of sp³-hybridized carbons (Fsp3) is 0.286. The minimum absolute atomic E-state index is 0.164. The Kier molecular flexibility index (Phi) is 3.39. The van der Waals surface area contributed by atoms with E-state index in [1.54, 1.807) is 0 Å². The summed E-state index contributed by atoms with van der Waals surface area (Å²) < 4.78 is 11.0. The highest BCUT2D eigenvalue weighted by Gasteiger charge is 2.11. The van der Waals surface area contributed by atoms with Crippen LogP contribution in [0.3, 0.4) is 0 Å². The van der Waals surface area contributed by atoms with Crippen LogP contribution in [0.15, 0.2) is 27.4 Å². The first kappa shape index (κ1) is 13.3. The average Bonchev–Trinajstić information content (AvgIpc) is 2.99. The molecule has 0 N–H and O–H groups in total. The van der Waals surface area contributed by atoms with Gasteiger partial charge in [-0.3, -0.25) is 10.3 Å². The van der Waals surface area contributed by atoms with E-state index in [-0.39, 0.29) is 12.2 Å². The molecule has 0 saturated carbocycles. The highest BCUT2D eigenvalue weighted by Crippen LogP contribution is 2.28. The third-order valence-electron chi connectivity index (χ3n) is 3.29. The Morgan fingerprint density at radius 3 is 2.95 bits per heavy atom. The van der Waals surface area contributed by atoms with Gasteiger partial charge in [0.15, 0.2) is 0 Å². The molecule has 3 rings (SSSR count). The van der Waals surface area contributed by atoms with Gasteiger partial charge in [0.2, 0.25) is 0 Å². The molecular formula is C14H13N4O3-. The number of benzene rings is 1. The summed E-state index contributed by atoms with van der Waals surface area (Å²) in [6.07, 6.45) is 0.764. The molecule has 0 atom stereocenters. The third-order valence-corrected chi connectivity index (χ3v) is 3.29. The maximum Gasteiger partial charge on any atom is 0.336 e. The van der Waals surface area contributed by atoms with E-state index in [1.165, 1.54) is 6.07 Å². The number of aryl methyl sites for hydroxylation is 2. The molecule has 7 heteroatoms. The standard InChI is InChI=1S/C14H13N4O3/c1-3-9-6-13(19)21-14-8(2)11(5-4-10(9)14)20-7-12-15-17-18-16-12/h4-6H,3,7H2,1-2H3/q-1. The summed E-state index contributed by atoms with van der Waals surface area (Å²) in [6.45, 7) is 4.01. The van der Waals surface area contributed by atoms with Gasteiger partial charge in [0.25, 0.3) is 0 Å². The van der Waals surface area contributed by atoms with E-state index in [0.29, 0.717) is 17.2 Å². The number of aromatic nitrogens is 4. The number of tetrazole rings is 1. The maximum absolute atomic E-state index is 11.6. The van der Waals surface area contributed by atoms with Crippen LogP contribution in [0, 0.1) is 6.92 Å². The van der Waals surface area contributed by atoms with Crippen LogP contribution in [0.5, 0.6) is 5.75 Å². The molecule has 0 saturated heterocycles. The smallest absolute Gasteiger partial charge is 0.336 e. The van der Waals surface area contributed by atoms with Crippen LogP contribution in [0.1, 0.15) is 23.9 Å². The van der Waals surface area contributed by atoms with Gasteiger partial charge in [-0.05, 0) is 31.0 Å². The second-order valence-electron chi connectivity index (χ2n) is 4.59. The Labute approximate surface area is 119 Å². The first-order chi connectivity index (χ1) is 10.2. The van der Waals surface area contributed by atoms with Crippen molar-refractivity contribution in [2.45, 2.75) is 26.9 Å². The summed E-state index contributed by atoms with van der Waals surface area (Å²) in [5.74, 6) is 1.02. The van der Waals surface area contributed by atoms with Crippen LogP contribution < -0.4 is 15.5 Å². The summed E-state index contributed by atoms with van der Waals surface area (Å²) in [4.78, 5) is 11.6. The zero-order chi connectivity index (χ0) is 14.8. The number of hydrogen-bond acceptors (Lipinski definition) is 6. The lowest BCUT2D eigenvalue weighted by molar-refractivity contribution is 0.293. The minimum Gasteiger partial charge on any atom is -0.488 e. The Balaban J connectivity index is 2.01. The Hall–Kier alpha value is -2.70. The van der Waals surface area contributed by atoms with Crippen LogP contribution in [-0.2, 0) is 13.0 Å². The molecule has 0 amide bonds. The lowest BCUT2D eigenvalue weighted by Gasteiger charge is -2.11. The summed E-state index contributed by atoms with van der Waals surface area (Å²) in [7, 11) is 0. The van der Waals surface area contributed by atoms with Gasteiger partial charge in [-0.2, -0.15) is 5.21 Å². The highest BCUT2D eigenvalue weighted by molar-refractivity contribution is 5.84. The van der Waals surface area contributed by atoms with Crippen LogP contribution in [-0.4, -0.2) is 15.5 Å². The predicted octanol–water partition coefficient (Wildman–Crippen LogP) is 1.39. The Morgan fingerprint density at radius 2 is 2.24 bits per heavy atom. The maximum atomic E-state index is 11.6. The largest absolute Gasteiger partial charge is 0.488 e. The SMILES string of the molecule is CCc1cc(=O)oc2c(C)c(OCc3nnn[n-]3)ccc12. The molecule has 0 bridgehead atoms. The number of nitrogens with zero attached hydrogens (tertiary/aromatic N) is 4. The van der Waals surface area contributed by atoms with Gasteiger partial charge >= 0.3 is 5.63 Å². The molecule has 3 aromatic rings. The van der Waals surface area contributed by atoms with Crippen LogP contribution in [0.4, 0.5) is 0 Å². The number of hydrogen-bond donors (Lipinski definition) is 0. The van der Waals surface area contributed by atoms with Gasteiger partial charge in [0.1, 0.15) is 17.9 Å². The molecule has 0 unspecified atom stereocenters. The van der Waals surface area contributed by atoms with Crippen molar-refractivity contribution in [2.24, 2.45) is 0 Å². The van der Waals surface area contributed by atoms with Crippen LogP contribution in [0.2, 0.25) is 0 Å². The van der Waals surface area contributed by atoms with Gasteiger partial charge in [0, 0.05) is 22.8 Å². The number of fused-ring (bicyclic) bond motifs is 1. The van der Waals surface area contributed by atoms with E-state index in [4.69, 9.17) is 9.15 Å². The van der Waals surface area contributed by atoms with E-state index >= 15 is 0 Å². The zero-order valence-electron chi connectivity index (χ0n) is 11.7. The predicted molar refractivity (Wildman–Crippen MR) is 74.1 cm³/mol. The molecule has 21 heavy (non-hydrogen) atoms. The fourth-order valence-corrected chi connectivity index (χ4v) is 2.22. The summed E-state index contributed by atoms with van der Waals surface area (Å²) in [5, 5.41) is 15.1. The topological polar surface area (TPSA) is 92.2 Å². The molecule has 2 heterocycles. The normalized spacial score (nSPS) is 11.0. The monoisotopic (exact) mass is 285 g/mol. The lowest BCUT2D eigenvalue weighted by atomic mass is 10.0. The molecule has 7 nitrogen and oxygen atoms in total. The van der Waals surface area contributed by atoms with Crippen molar-refractivity contribution in [3.05, 3.63) is 45.6 Å². The quantitative estimate of drug-likeness (QED) is 0.668. The average molecular weight is 285 g/mol. The van der Waals surface area contributed by atoms with Crippen LogP contribution >= 0.6 is 0 Å². The molecule has 108 valence electrons. The molecule has 0 fully saturated rings. The summed E-state index contributed by atoms with van der Waals surface area (Å²) >= 11 is 0. The Morgan fingerprint density at radius 1 is 1.38 bits per heavy atom. The second-order valence-corrected chi connectivity index (χ2v) is 4.59. The third kappa shape index (κ3) is 2.49. The fourth-order valence-electron chi connectivity index (χ4n) is 2.22. The van der Waals surface area contributed by atoms with Crippen molar-refractivity contribution in [3.63, 3.8) is 0 Å². The first-order valence-electron chi connectivity index (χ1n) is 6.55. The van der Waals surface area contributed by atoms with Crippen molar-refractivity contribution >= 4 is 11.0 Å².